The number of ketones is 1. The van der Waals surface area contributed by atoms with Crippen LogP contribution in [0.4, 0.5) is 0 Å². The van der Waals surface area contributed by atoms with E-state index in [-0.39, 0.29) is 17.4 Å². The molecule has 0 radical (unpaired) electrons. The summed E-state index contributed by atoms with van der Waals surface area (Å²) in [6, 6.07) is 1.57. The van der Waals surface area contributed by atoms with E-state index in [2.05, 4.69) is 4.98 Å². The van der Waals surface area contributed by atoms with Crippen molar-refractivity contribution in [3.63, 3.8) is 0 Å². The second-order valence-electron chi connectivity index (χ2n) is 3.07. The van der Waals surface area contributed by atoms with E-state index in [1.165, 1.54) is 17.6 Å². The molecule has 0 saturated heterocycles. The lowest BCUT2D eigenvalue weighted by Gasteiger charge is -1.94. The molecule has 2 aromatic heterocycles. The standard InChI is InChI=1S/C10H8ClNO2S/c1-6-12-7(5-15-6)4-9(13)8-2-3-14-10(8)11/h2-3,5H,4H2,1H3. The van der Waals surface area contributed by atoms with Crippen molar-refractivity contribution in [3.8, 4) is 0 Å². The molecule has 0 unspecified atom stereocenters. The molecule has 0 aromatic carbocycles. The maximum atomic E-state index is 11.7. The average Bonchev–Trinajstić information content (AvgIpc) is 2.75. The van der Waals surface area contributed by atoms with Gasteiger partial charge < -0.3 is 4.42 Å². The Kier molecular flexibility index (Phi) is 2.88. The number of hydrogen-bond acceptors (Lipinski definition) is 4. The zero-order valence-electron chi connectivity index (χ0n) is 7.99. The first-order chi connectivity index (χ1) is 7.16. The van der Waals surface area contributed by atoms with Crippen molar-refractivity contribution >= 4 is 28.7 Å². The number of nitrogens with zero attached hydrogens (tertiary/aromatic N) is 1. The lowest BCUT2D eigenvalue weighted by Crippen LogP contribution is -2.02. The van der Waals surface area contributed by atoms with E-state index < -0.39 is 0 Å². The van der Waals surface area contributed by atoms with Crippen LogP contribution >= 0.6 is 22.9 Å². The highest BCUT2D eigenvalue weighted by Gasteiger charge is 2.14. The van der Waals surface area contributed by atoms with Gasteiger partial charge in [0.05, 0.1) is 28.9 Å². The third-order valence-corrected chi connectivity index (χ3v) is 3.04. The van der Waals surface area contributed by atoms with E-state index in [4.69, 9.17) is 16.0 Å². The van der Waals surface area contributed by atoms with Crippen LogP contribution in [0.15, 0.2) is 22.1 Å². The molecule has 0 atom stereocenters. The van der Waals surface area contributed by atoms with Crippen LogP contribution in [0.5, 0.6) is 0 Å². The summed E-state index contributed by atoms with van der Waals surface area (Å²) >= 11 is 7.23. The number of Topliss-reactive ketones (excluding diaryl/α,β-unsaturated/α-hetero) is 1. The summed E-state index contributed by atoms with van der Waals surface area (Å²) in [4.78, 5) is 15.9. The summed E-state index contributed by atoms with van der Waals surface area (Å²) in [5.74, 6) is -0.0703. The predicted octanol–water partition coefficient (Wildman–Crippen LogP) is 3.12. The van der Waals surface area contributed by atoms with Crippen LogP contribution < -0.4 is 0 Å². The number of halogens is 1. The van der Waals surface area contributed by atoms with Gasteiger partial charge in [0.25, 0.3) is 0 Å². The third-order valence-electron chi connectivity index (χ3n) is 1.93. The van der Waals surface area contributed by atoms with E-state index in [0.29, 0.717) is 5.56 Å². The van der Waals surface area contributed by atoms with E-state index in [0.717, 1.165) is 10.7 Å². The lowest BCUT2D eigenvalue weighted by molar-refractivity contribution is 0.0991. The molecular weight excluding hydrogens is 234 g/mol. The first-order valence-electron chi connectivity index (χ1n) is 4.34. The largest absolute Gasteiger partial charge is 0.452 e. The first kappa shape index (κ1) is 10.4. The highest BCUT2D eigenvalue weighted by molar-refractivity contribution is 7.09. The second kappa shape index (κ2) is 4.16. The number of carbonyl (C=O) groups excluding carboxylic acids is 1. The Morgan fingerprint density at radius 3 is 3.00 bits per heavy atom. The number of hydrogen-bond donors (Lipinski definition) is 0. The topological polar surface area (TPSA) is 43.1 Å². The number of furan rings is 1. The fraction of sp³-hybridized carbons (Fsp3) is 0.200. The molecule has 2 aromatic rings. The molecule has 5 heteroatoms. The minimum atomic E-state index is -0.0703. The van der Waals surface area contributed by atoms with Gasteiger partial charge in [-0.1, -0.05) is 0 Å². The zero-order valence-corrected chi connectivity index (χ0v) is 9.56. The molecule has 0 amide bonds. The van der Waals surface area contributed by atoms with Gasteiger partial charge in [-0.3, -0.25) is 4.79 Å². The minimum Gasteiger partial charge on any atom is -0.452 e. The van der Waals surface area contributed by atoms with Crippen LogP contribution in [-0.4, -0.2) is 10.8 Å². The molecular formula is C10H8ClNO2S. The Morgan fingerprint density at radius 1 is 1.67 bits per heavy atom. The predicted molar refractivity (Wildman–Crippen MR) is 58.6 cm³/mol. The maximum absolute atomic E-state index is 11.7. The Hall–Kier alpha value is -1.13. The summed E-state index contributed by atoms with van der Waals surface area (Å²) in [6.45, 7) is 1.91. The van der Waals surface area contributed by atoms with E-state index in [1.54, 1.807) is 6.07 Å². The van der Waals surface area contributed by atoms with Crippen LogP contribution in [0.1, 0.15) is 21.1 Å². The van der Waals surface area contributed by atoms with Gasteiger partial charge in [0, 0.05) is 5.38 Å². The quantitative estimate of drug-likeness (QED) is 0.776. The van der Waals surface area contributed by atoms with Gasteiger partial charge in [-0.05, 0) is 24.6 Å². The average molecular weight is 242 g/mol. The normalized spacial score (nSPS) is 10.5. The highest BCUT2D eigenvalue weighted by Crippen LogP contribution is 2.19. The molecule has 0 aliphatic heterocycles. The van der Waals surface area contributed by atoms with Crippen molar-refractivity contribution < 1.29 is 9.21 Å². The van der Waals surface area contributed by atoms with Crippen LogP contribution in [-0.2, 0) is 6.42 Å². The van der Waals surface area contributed by atoms with E-state index in [9.17, 15) is 4.79 Å². The fourth-order valence-corrected chi connectivity index (χ4v) is 2.07. The maximum Gasteiger partial charge on any atom is 0.203 e. The smallest absolute Gasteiger partial charge is 0.203 e. The molecule has 0 aliphatic carbocycles. The van der Waals surface area contributed by atoms with Gasteiger partial charge in [-0.15, -0.1) is 11.3 Å². The van der Waals surface area contributed by atoms with Crippen LogP contribution in [0.3, 0.4) is 0 Å². The lowest BCUT2D eigenvalue weighted by atomic mass is 10.1. The fourth-order valence-electron chi connectivity index (χ4n) is 1.24. The molecule has 0 saturated carbocycles. The summed E-state index contributed by atoms with van der Waals surface area (Å²) in [7, 11) is 0. The van der Waals surface area contributed by atoms with Gasteiger partial charge in [-0.2, -0.15) is 0 Å². The molecule has 2 rings (SSSR count). The second-order valence-corrected chi connectivity index (χ2v) is 4.47. The summed E-state index contributed by atoms with van der Waals surface area (Å²) in [6.07, 6.45) is 1.67. The van der Waals surface area contributed by atoms with Gasteiger partial charge >= 0.3 is 0 Å². The number of carbonyl (C=O) groups is 1. The molecule has 0 spiro atoms. The van der Waals surface area contributed by atoms with Gasteiger partial charge in [0.1, 0.15) is 0 Å². The van der Waals surface area contributed by atoms with Gasteiger partial charge in [-0.25, -0.2) is 4.98 Å². The number of aromatic nitrogens is 1. The monoisotopic (exact) mass is 241 g/mol. The van der Waals surface area contributed by atoms with Gasteiger partial charge in [0.15, 0.2) is 5.78 Å². The zero-order chi connectivity index (χ0) is 10.8. The highest BCUT2D eigenvalue weighted by atomic mass is 35.5. The third kappa shape index (κ3) is 2.27. The Bertz CT molecular complexity index is 489. The molecule has 3 nitrogen and oxygen atoms in total. The van der Waals surface area contributed by atoms with E-state index in [1.807, 2.05) is 12.3 Å². The van der Waals surface area contributed by atoms with Crippen molar-refractivity contribution in [1.82, 2.24) is 4.98 Å². The molecule has 0 fully saturated rings. The van der Waals surface area contributed by atoms with Crippen molar-refractivity contribution in [3.05, 3.63) is 39.2 Å². The SMILES string of the molecule is Cc1nc(CC(=O)c2ccoc2Cl)cs1. The summed E-state index contributed by atoms with van der Waals surface area (Å²) in [5.41, 5.74) is 1.20. The first-order valence-corrected chi connectivity index (χ1v) is 5.60. The minimum absolute atomic E-state index is 0.0703. The van der Waals surface area contributed by atoms with E-state index >= 15 is 0 Å². The Labute approximate surface area is 95.7 Å². The number of thiazole rings is 1. The van der Waals surface area contributed by atoms with Gasteiger partial charge in [0.2, 0.25) is 5.22 Å². The van der Waals surface area contributed by atoms with Crippen molar-refractivity contribution in [1.29, 1.82) is 0 Å². The molecule has 0 N–H and O–H groups in total. The summed E-state index contributed by atoms with van der Waals surface area (Å²) < 4.78 is 4.86. The number of aryl methyl sites for hydroxylation is 1. The molecule has 78 valence electrons. The molecule has 15 heavy (non-hydrogen) atoms. The van der Waals surface area contributed by atoms with Crippen LogP contribution in [0.2, 0.25) is 5.22 Å². The van der Waals surface area contributed by atoms with Crippen molar-refractivity contribution in [2.45, 2.75) is 13.3 Å². The Balaban J connectivity index is 2.14. The molecule has 0 aliphatic rings. The summed E-state index contributed by atoms with van der Waals surface area (Å²) in [5, 5.41) is 2.98. The number of rotatable bonds is 3. The van der Waals surface area contributed by atoms with Crippen LogP contribution in [0.25, 0.3) is 0 Å². The van der Waals surface area contributed by atoms with Crippen LogP contribution in [0, 0.1) is 6.92 Å². The molecule has 2 heterocycles. The van der Waals surface area contributed by atoms with Crippen molar-refractivity contribution in [2.75, 3.05) is 0 Å². The Morgan fingerprint density at radius 2 is 2.47 bits per heavy atom. The molecule has 0 bridgehead atoms. The van der Waals surface area contributed by atoms with Crippen molar-refractivity contribution in [2.24, 2.45) is 0 Å².